The van der Waals surface area contributed by atoms with Gasteiger partial charge in [-0.25, -0.2) is 4.79 Å². The number of hydrogen-bond acceptors (Lipinski definition) is 5. The second-order valence-electron chi connectivity index (χ2n) is 5.64. The van der Waals surface area contributed by atoms with Crippen LogP contribution in [0.4, 0.5) is 4.79 Å². The Morgan fingerprint density at radius 1 is 1.38 bits per heavy atom. The first-order valence-corrected chi connectivity index (χ1v) is 7.78. The number of ether oxygens (including phenoxy) is 2. The van der Waals surface area contributed by atoms with Crippen molar-refractivity contribution in [3.05, 3.63) is 0 Å². The molecule has 21 heavy (non-hydrogen) atoms. The third-order valence-corrected chi connectivity index (χ3v) is 3.46. The molecule has 1 rings (SSSR count). The second-order valence-corrected chi connectivity index (χ2v) is 5.64. The summed E-state index contributed by atoms with van der Waals surface area (Å²) in [5, 5.41) is 9.25. The largest absolute Gasteiger partial charge is 0.463 e. The minimum absolute atomic E-state index is 0.0177. The van der Waals surface area contributed by atoms with Crippen LogP contribution in [0.15, 0.2) is 0 Å². The Morgan fingerprint density at radius 3 is 2.76 bits per heavy atom. The van der Waals surface area contributed by atoms with E-state index in [1.165, 1.54) is 0 Å². The van der Waals surface area contributed by atoms with Gasteiger partial charge in [-0.15, -0.1) is 0 Å². The van der Waals surface area contributed by atoms with Gasteiger partial charge in [-0.2, -0.15) is 0 Å². The van der Waals surface area contributed by atoms with Crippen LogP contribution in [0.5, 0.6) is 0 Å². The van der Waals surface area contributed by atoms with Crippen molar-refractivity contribution in [3.8, 4) is 0 Å². The van der Waals surface area contributed by atoms with E-state index >= 15 is 0 Å². The van der Waals surface area contributed by atoms with Gasteiger partial charge in [-0.05, 0) is 26.7 Å². The topological polar surface area (TPSA) is 76.1 Å². The fraction of sp³-hybridized carbons (Fsp3) is 0.867. The molecule has 0 spiro atoms. The standard InChI is InChI=1S/C15H27NO5/c1-12(2)21-14(18)7-5-3-4-6-9-16-13(11-17)8-10-20-15(16)19/h12-13,17H,3-11H2,1-2H3/t13-/m1/s1. The summed E-state index contributed by atoms with van der Waals surface area (Å²) < 4.78 is 10.0. The molecular weight excluding hydrogens is 274 g/mol. The molecule has 1 amide bonds. The van der Waals surface area contributed by atoms with Crippen LogP contribution in [0.1, 0.15) is 52.4 Å². The molecule has 0 unspecified atom stereocenters. The van der Waals surface area contributed by atoms with E-state index in [1.807, 2.05) is 13.8 Å². The molecule has 0 saturated carbocycles. The Bertz CT molecular complexity index is 332. The third-order valence-electron chi connectivity index (χ3n) is 3.46. The lowest BCUT2D eigenvalue weighted by Crippen LogP contribution is -2.47. The van der Waals surface area contributed by atoms with E-state index in [2.05, 4.69) is 0 Å². The number of cyclic esters (lactones) is 1. The maximum atomic E-state index is 11.6. The smallest absolute Gasteiger partial charge is 0.410 e. The van der Waals surface area contributed by atoms with Crippen molar-refractivity contribution in [2.24, 2.45) is 0 Å². The zero-order chi connectivity index (χ0) is 15.7. The van der Waals surface area contributed by atoms with Crippen LogP contribution in [0, 0.1) is 0 Å². The van der Waals surface area contributed by atoms with Crippen LogP contribution in [0.25, 0.3) is 0 Å². The maximum absolute atomic E-state index is 11.6. The molecule has 0 radical (unpaired) electrons. The van der Waals surface area contributed by atoms with Crippen molar-refractivity contribution < 1.29 is 24.2 Å². The van der Waals surface area contributed by atoms with Crippen LogP contribution >= 0.6 is 0 Å². The number of amides is 1. The number of carbonyl (C=O) groups is 2. The minimum atomic E-state index is -0.333. The zero-order valence-electron chi connectivity index (χ0n) is 13.0. The summed E-state index contributed by atoms with van der Waals surface area (Å²) in [4.78, 5) is 24.6. The highest BCUT2D eigenvalue weighted by Gasteiger charge is 2.28. The number of hydrogen-bond donors (Lipinski definition) is 1. The Balaban J connectivity index is 2.10. The monoisotopic (exact) mass is 301 g/mol. The van der Waals surface area contributed by atoms with E-state index in [1.54, 1.807) is 4.90 Å². The van der Waals surface area contributed by atoms with Gasteiger partial charge in [-0.1, -0.05) is 12.8 Å². The molecule has 1 saturated heterocycles. The van der Waals surface area contributed by atoms with Crippen LogP contribution in [0.3, 0.4) is 0 Å². The lowest BCUT2D eigenvalue weighted by Gasteiger charge is -2.33. The van der Waals surface area contributed by atoms with Crippen molar-refractivity contribution in [2.45, 2.75) is 64.5 Å². The summed E-state index contributed by atoms with van der Waals surface area (Å²) in [6, 6.07) is -0.118. The first kappa shape index (κ1) is 17.8. The number of unbranched alkanes of at least 4 members (excludes halogenated alkanes) is 3. The summed E-state index contributed by atoms with van der Waals surface area (Å²) in [5.41, 5.74) is 0. The number of carbonyl (C=O) groups excluding carboxylic acids is 2. The SMILES string of the molecule is CC(C)OC(=O)CCCCCCN1C(=O)OCC[C@@H]1CO. The van der Waals surface area contributed by atoms with Crippen LogP contribution in [-0.2, 0) is 14.3 Å². The third kappa shape index (κ3) is 6.80. The lowest BCUT2D eigenvalue weighted by atomic mass is 10.1. The van der Waals surface area contributed by atoms with Crippen molar-refractivity contribution in [3.63, 3.8) is 0 Å². The highest BCUT2D eigenvalue weighted by atomic mass is 16.6. The second kappa shape index (κ2) is 9.60. The number of aliphatic hydroxyl groups is 1. The molecule has 1 aliphatic heterocycles. The average Bonchev–Trinajstić information content (AvgIpc) is 2.43. The summed E-state index contributed by atoms with van der Waals surface area (Å²) >= 11 is 0. The molecule has 6 nitrogen and oxygen atoms in total. The van der Waals surface area contributed by atoms with Gasteiger partial charge >= 0.3 is 12.1 Å². The van der Waals surface area contributed by atoms with E-state index < -0.39 is 0 Å². The van der Waals surface area contributed by atoms with Gasteiger partial charge in [0.2, 0.25) is 0 Å². The van der Waals surface area contributed by atoms with Crippen molar-refractivity contribution in [2.75, 3.05) is 19.8 Å². The first-order chi connectivity index (χ1) is 10.0. The minimum Gasteiger partial charge on any atom is -0.463 e. The average molecular weight is 301 g/mol. The van der Waals surface area contributed by atoms with Crippen molar-refractivity contribution in [1.82, 2.24) is 4.90 Å². The Morgan fingerprint density at radius 2 is 2.10 bits per heavy atom. The van der Waals surface area contributed by atoms with Gasteiger partial charge in [-0.3, -0.25) is 4.79 Å². The number of nitrogens with zero attached hydrogens (tertiary/aromatic N) is 1. The molecule has 0 bridgehead atoms. The fourth-order valence-electron chi connectivity index (χ4n) is 2.36. The van der Waals surface area contributed by atoms with Gasteiger partial charge in [0.1, 0.15) is 0 Å². The van der Waals surface area contributed by atoms with Crippen LogP contribution in [-0.4, -0.2) is 54.0 Å². The Hall–Kier alpha value is -1.30. The molecule has 6 heteroatoms. The fourth-order valence-corrected chi connectivity index (χ4v) is 2.36. The zero-order valence-corrected chi connectivity index (χ0v) is 13.0. The van der Waals surface area contributed by atoms with Gasteiger partial charge in [0, 0.05) is 19.4 Å². The molecule has 1 aliphatic rings. The number of aliphatic hydroxyl groups excluding tert-OH is 1. The summed E-state index contributed by atoms with van der Waals surface area (Å²) in [5.74, 6) is -0.148. The van der Waals surface area contributed by atoms with E-state index in [4.69, 9.17) is 9.47 Å². The van der Waals surface area contributed by atoms with E-state index in [0.717, 1.165) is 25.7 Å². The van der Waals surface area contributed by atoms with E-state index in [0.29, 0.717) is 26.0 Å². The Labute approximate surface area is 126 Å². The maximum Gasteiger partial charge on any atom is 0.410 e. The molecule has 1 fully saturated rings. The molecule has 122 valence electrons. The molecule has 0 aliphatic carbocycles. The molecule has 1 N–H and O–H groups in total. The highest BCUT2D eigenvalue weighted by Crippen LogP contribution is 2.15. The van der Waals surface area contributed by atoms with Gasteiger partial charge in [0.25, 0.3) is 0 Å². The molecular formula is C15H27NO5. The first-order valence-electron chi connectivity index (χ1n) is 7.78. The summed E-state index contributed by atoms with van der Waals surface area (Å²) in [7, 11) is 0. The van der Waals surface area contributed by atoms with Crippen LogP contribution in [0.2, 0.25) is 0 Å². The molecule has 0 aromatic carbocycles. The number of esters is 1. The quantitative estimate of drug-likeness (QED) is 0.521. The molecule has 0 aromatic rings. The van der Waals surface area contributed by atoms with Crippen LogP contribution < -0.4 is 0 Å². The molecule has 0 aromatic heterocycles. The van der Waals surface area contributed by atoms with Gasteiger partial charge in [0.15, 0.2) is 0 Å². The van der Waals surface area contributed by atoms with Crippen molar-refractivity contribution in [1.29, 1.82) is 0 Å². The molecule has 1 heterocycles. The van der Waals surface area contributed by atoms with E-state index in [9.17, 15) is 14.7 Å². The summed E-state index contributed by atoms with van der Waals surface area (Å²) in [6.07, 6.45) is 4.27. The predicted octanol–water partition coefficient (Wildman–Crippen LogP) is 2.09. The highest BCUT2D eigenvalue weighted by molar-refractivity contribution is 5.69. The Kier molecular flexibility index (Phi) is 8.12. The summed E-state index contributed by atoms with van der Waals surface area (Å²) in [6.45, 7) is 4.65. The van der Waals surface area contributed by atoms with Gasteiger partial charge in [0.05, 0.1) is 25.4 Å². The van der Waals surface area contributed by atoms with E-state index in [-0.39, 0.29) is 30.8 Å². The predicted molar refractivity (Wildman–Crippen MR) is 77.9 cm³/mol. The van der Waals surface area contributed by atoms with Crippen molar-refractivity contribution >= 4 is 12.1 Å². The normalized spacial score (nSPS) is 18.8. The number of rotatable bonds is 9. The molecule has 1 atom stereocenters. The lowest BCUT2D eigenvalue weighted by molar-refractivity contribution is -0.147. The van der Waals surface area contributed by atoms with Gasteiger partial charge < -0.3 is 19.5 Å².